The zero-order chi connectivity index (χ0) is 14.8. The highest BCUT2D eigenvalue weighted by molar-refractivity contribution is 5.95. The number of Topliss-reactive ketones (excluding diaryl/α,β-unsaturated/α-hetero) is 1. The van der Waals surface area contributed by atoms with Crippen LogP contribution in [0.25, 0.3) is 0 Å². The second-order valence-corrected chi connectivity index (χ2v) is 6.71. The second kappa shape index (κ2) is 5.49. The zero-order valence-electron chi connectivity index (χ0n) is 12.7. The van der Waals surface area contributed by atoms with Gasteiger partial charge in [-0.1, -0.05) is 13.8 Å². The van der Waals surface area contributed by atoms with Crippen LogP contribution in [0, 0.1) is 5.92 Å². The second-order valence-electron chi connectivity index (χ2n) is 6.71. The monoisotopic (exact) mass is 271 g/mol. The van der Waals surface area contributed by atoms with Crippen LogP contribution in [0.4, 0.5) is 4.79 Å². The lowest BCUT2D eigenvalue weighted by Crippen LogP contribution is -2.48. The van der Waals surface area contributed by atoms with Crippen LogP contribution in [-0.2, 0) is 14.3 Å². The van der Waals surface area contributed by atoms with Crippen molar-refractivity contribution in [2.45, 2.75) is 65.2 Å². The number of epoxide rings is 1. The van der Waals surface area contributed by atoms with Gasteiger partial charge < -0.3 is 14.8 Å². The largest absolute Gasteiger partial charge is 0.444 e. The maximum Gasteiger partial charge on any atom is 0.408 e. The van der Waals surface area contributed by atoms with Gasteiger partial charge in [-0.15, -0.1) is 0 Å². The smallest absolute Gasteiger partial charge is 0.408 e. The first kappa shape index (κ1) is 16.0. The molecule has 0 saturated carbocycles. The van der Waals surface area contributed by atoms with Crippen LogP contribution in [0.2, 0.25) is 0 Å². The standard InChI is InChI=1S/C14H25NO4/c1-9(2)7-10(11(16)14(6)8-18-14)15-12(17)19-13(3,4)5/h9-10H,7-8H2,1-6H3,(H,15,17)/t10-,14?/m0/s1. The normalized spacial score (nSPS) is 23.9. The van der Waals surface area contributed by atoms with Crippen molar-refractivity contribution in [3.63, 3.8) is 0 Å². The van der Waals surface area contributed by atoms with E-state index < -0.39 is 23.3 Å². The molecule has 1 amide bonds. The SMILES string of the molecule is CC(C)C[C@H](NC(=O)OC(C)(C)C)C(=O)C1(C)CO1. The van der Waals surface area contributed by atoms with Crippen molar-refractivity contribution in [3.8, 4) is 0 Å². The highest BCUT2D eigenvalue weighted by Gasteiger charge is 2.50. The lowest BCUT2D eigenvalue weighted by molar-refractivity contribution is -0.126. The summed E-state index contributed by atoms with van der Waals surface area (Å²) in [4.78, 5) is 24.0. The van der Waals surface area contributed by atoms with Gasteiger partial charge in [0.15, 0.2) is 5.78 Å². The molecule has 2 atom stereocenters. The molecular formula is C14H25NO4. The van der Waals surface area contributed by atoms with Gasteiger partial charge in [-0.2, -0.15) is 0 Å². The van der Waals surface area contributed by atoms with Crippen molar-refractivity contribution in [2.75, 3.05) is 6.61 Å². The summed E-state index contributed by atoms with van der Waals surface area (Å²) in [6.07, 6.45) is 0.0209. The van der Waals surface area contributed by atoms with Gasteiger partial charge in [0.2, 0.25) is 0 Å². The first-order valence-corrected chi connectivity index (χ1v) is 6.71. The van der Waals surface area contributed by atoms with Crippen molar-refractivity contribution < 1.29 is 19.1 Å². The molecule has 1 fully saturated rings. The number of amides is 1. The lowest BCUT2D eigenvalue weighted by Gasteiger charge is -2.24. The van der Waals surface area contributed by atoms with Crippen LogP contribution in [0.1, 0.15) is 48.0 Å². The first-order valence-electron chi connectivity index (χ1n) is 6.71. The molecule has 110 valence electrons. The van der Waals surface area contributed by atoms with Crippen molar-refractivity contribution >= 4 is 11.9 Å². The Labute approximate surface area is 115 Å². The Morgan fingerprint density at radius 1 is 1.37 bits per heavy atom. The van der Waals surface area contributed by atoms with E-state index in [1.165, 1.54) is 0 Å². The summed E-state index contributed by atoms with van der Waals surface area (Å²) in [6.45, 7) is 11.6. The molecule has 5 heteroatoms. The van der Waals surface area contributed by atoms with E-state index in [0.717, 1.165) is 0 Å². The molecule has 0 aromatic heterocycles. The fraction of sp³-hybridized carbons (Fsp3) is 0.857. The summed E-state index contributed by atoms with van der Waals surface area (Å²) in [6, 6.07) is -0.553. The maximum absolute atomic E-state index is 12.3. The third kappa shape index (κ3) is 5.19. The van der Waals surface area contributed by atoms with Gasteiger partial charge in [-0.05, 0) is 40.0 Å². The van der Waals surface area contributed by atoms with Crippen LogP contribution in [0.5, 0.6) is 0 Å². The van der Waals surface area contributed by atoms with Gasteiger partial charge in [0, 0.05) is 0 Å². The molecule has 0 aromatic rings. The number of carbonyl (C=O) groups excluding carboxylic acids is 2. The number of alkyl carbamates (subject to hydrolysis) is 1. The molecule has 0 spiro atoms. The molecule has 19 heavy (non-hydrogen) atoms. The molecule has 0 bridgehead atoms. The summed E-state index contributed by atoms with van der Waals surface area (Å²) in [5, 5.41) is 2.66. The van der Waals surface area contributed by atoms with Crippen molar-refractivity contribution in [1.29, 1.82) is 0 Å². The molecule has 0 radical (unpaired) electrons. The molecule has 1 N–H and O–H groups in total. The lowest BCUT2D eigenvalue weighted by atomic mass is 9.93. The van der Waals surface area contributed by atoms with Crippen molar-refractivity contribution in [1.82, 2.24) is 5.32 Å². The molecule has 0 aromatic carbocycles. The fourth-order valence-electron chi connectivity index (χ4n) is 1.77. The van der Waals surface area contributed by atoms with E-state index in [9.17, 15) is 9.59 Å². The van der Waals surface area contributed by atoms with Gasteiger partial charge >= 0.3 is 6.09 Å². The highest BCUT2D eigenvalue weighted by Crippen LogP contribution is 2.29. The predicted molar refractivity (Wildman–Crippen MR) is 72.0 cm³/mol. The minimum Gasteiger partial charge on any atom is -0.444 e. The fourth-order valence-corrected chi connectivity index (χ4v) is 1.77. The molecule has 1 rings (SSSR count). The third-order valence-electron chi connectivity index (χ3n) is 2.81. The zero-order valence-corrected chi connectivity index (χ0v) is 12.7. The number of nitrogens with one attached hydrogen (secondary N) is 1. The van der Waals surface area contributed by atoms with E-state index >= 15 is 0 Å². The van der Waals surface area contributed by atoms with Gasteiger partial charge in [-0.25, -0.2) is 4.79 Å². The van der Waals surface area contributed by atoms with E-state index in [2.05, 4.69) is 5.32 Å². The first-order chi connectivity index (χ1) is 8.53. The Bertz CT molecular complexity index is 353. The summed E-state index contributed by atoms with van der Waals surface area (Å²) >= 11 is 0. The topological polar surface area (TPSA) is 67.9 Å². The molecular weight excluding hydrogens is 246 g/mol. The molecule has 1 unspecified atom stereocenters. The molecule has 1 saturated heterocycles. The number of rotatable bonds is 5. The highest BCUT2D eigenvalue weighted by atomic mass is 16.6. The predicted octanol–water partition coefficient (Wildman–Crippen LogP) is 2.28. The number of hydrogen-bond acceptors (Lipinski definition) is 4. The number of ether oxygens (including phenoxy) is 2. The van der Waals surface area contributed by atoms with Gasteiger partial charge in [0.25, 0.3) is 0 Å². The number of carbonyl (C=O) groups is 2. The number of ketones is 1. The van der Waals surface area contributed by atoms with E-state index in [0.29, 0.717) is 18.9 Å². The quantitative estimate of drug-likeness (QED) is 0.779. The Hall–Kier alpha value is -1.10. The van der Waals surface area contributed by atoms with Crippen molar-refractivity contribution in [2.24, 2.45) is 5.92 Å². The molecule has 1 aliphatic rings. The molecule has 0 aliphatic carbocycles. The van der Waals surface area contributed by atoms with Gasteiger partial charge in [-0.3, -0.25) is 4.79 Å². The van der Waals surface area contributed by atoms with Gasteiger partial charge in [0.1, 0.15) is 11.2 Å². The Kier molecular flexibility index (Phi) is 4.61. The Balaban J connectivity index is 2.64. The van der Waals surface area contributed by atoms with Crippen molar-refractivity contribution in [3.05, 3.63) is 0 Å². The van der Waals surface area contributed by atoms with Crippen LogP contribution in [-0.4, -0.2) is 35.7 Å². The van der Waals surface area contributed by atoms with Crippen LogP contribution < -0.4 is 5.32 Å². The molecule has 5 nitrogen and oxygen atoms in total. The average molecular weight is 271 g/mol. The number of hydrogen-bond donors (Lipinski definition) is 1. The average Bonchev–Trinajstić information content (AvgIpc) is 2.92. The van der Waals surface area contributed by atoms with E-state index in [-0.39, 0.29) is 5.78 Å². The van der Waals surface area contributed by atoms with E-state index in [1.54, 1.807) is 27.7 Å². The molecule has 1 aliphatic heterocycles. The summed E-state index contributed by atoms with van der Waals surface area (Å²) < 4.78 is 10.4. The minimum absolute atomic E-state index is 0.0768. The summed E-state index contributed by atoms with van der Waals surface area (Å²) in [7, 11) is 0. The summed E-state index contributed by atoms with van der Waals surface area (Å²) in [5.74, 6) is 0.221. The Morgan fingerprint density at radius 2 is 1.89 bits per heavy atom. The van der Waals surface area contributed by atoms with E-state index in [1.807, 2.05) is 13.8 Å². The van der Waals surface area contributed by atoms with Crippen LogP contribution in [0.15, 0.2) is 0 Å². The Morgan fingerprint density at radius 3 is 2.26 bits per heavy atom. The maximum atomic E-state index is 12.3. The minimum atomic E-state index is -0.728. The van der Waals surface area contributed by atoms with E-state index in [4.69, 9.17) is 9.47 Å². The molecule has 1 heterocycles. The summed E-state index contributed by atoms with van der Waals surface area (Å²) in [5.41, 5.74) is -1.30. The van der Waals surface area contributed by atoms with Crippen LogP contribution in [0.3, 0.4) is 0 Å². The third-order valence-corrected chi connectivity index (χ3v) is 2.81. The van der Waals surface area contributed by atoms with Crippen LogP contribution >= 0.6 is 0 Å². The van der Waals surface area contributed by atoms with Gasteiger partial charge in [0.05, 0.1) is 12.6 Å².